The number of rotatable bonds is 6. The number of likely N-dealkylation sites (tertiary alicyclic amines) is 1. The third-order valence-corrected chi connectivity index (χ3v) is 4.28. The zero-order valence-corrected chi connectivity index (χ0v) is 13.9. The van der Waals surface area contributed by atoms with Gasteiger partial charge in [-0.25, -0.2) is 9.97 Å². The van der Waals surface area contributed by atoms with E-state index < -0.39 is 4.92 Å². The molecule has 0 saturated carbocycles. The van der Waals surface area contributed by atoms with Gasteiger partial charge in [0.1, 0.15) is 18.7 Å². The third-order valence-electron chi connectivity index (χ3n) is 4.28. The van der Waals surface area contributed by atoms with Crippen LogP contribution in [0.1, 0.15) is 17.8 Å². The van der Waals surface area contributed by atoms with Crippen molar-refractivity contribution in [3.8, 4) is 16.9 Å². The molecule has 7 heteroatoms. The lowest BCUT2D eigenvalue weighted by molar-refractivity contribution is -0.384. The first kappa shape index (κ1) is 16.3. The van der Waals surface area contributed by atoms with E-state index in [4.69, 9.17) is 4.74 Å². The standard InChI is InChI=1S/C17H20N4O3/c1-12-17(13(2)19-11-18-12)15-10-14(21(22)23)4-5-16(15)24-9-8-20-6-3-7-20/h4-5,10-11H,3,6-9H2,1-2H3. The van der Waals surface area contributed by atoms with Gasteiger partial charge in [-0.2, -0.15) is 0 Å². The van der Waals surface area contributed by atoms with E-state index in [1.165, 1.54) is 24.9 Å². The minimum absolute atomic E-state index is 0.0303. The summed E-state index contributed by atoms with van der Waals surface area (Å²) in [5.41, 5.74) is 3.04. The molecule has 3 rings (SSSR count). The van der Waals surface area contributed by atoms with Crippen LogP contribution in [0.5, 0.6) is 5.75 Å². The van der Waals surface area contributed by atoms with Crippen molar-refractivity contribution < 1.29 is 9.66 Å². The molecule has 2 aromatic rings. The zero-order valence-electron chi connectivity index (χ0n) is 13.9. The van der Waals surface area contributed by atoms with E-state index in [1.54, 1.807) is 6.07 Å². The van der Waals surface area contributed by atoms with E-state index in [9.17, 15) is 10.1 Å². The molecule has 2 heterocycles. The fourth-order valence-electron chi connectivity index (χ4n) is 2.83. The van der Waals surface area contributed by atoms with Crippen molar-refractivity contribution in [1.29, 1.82) is 0 Å². The van der Waals surface area contributed by atoms with E-state index >= 15 is 0 Å². The Balaban J connectivity index is 1.93. The minimum Gasteiger partial charge on any atom is -0.492 e. The smallest absolute Gasteiger partial charge is 0.270 e. The van der Waals surface area contributed by atoms with Crippen molar-refractivity contribution in [2.24, 2.45) is 0 Å². The zero-order chi connectivity index (χ0) is 17.1. The van der Waals surface area contributed by atoms with Crippen LogP contribution in [0.2, 0.25) is 0 Å². The van der Waals surface area contributed by atoms with Gasteiger partial charge in [-0.05, 0) is 39.4 Å². The molecule has 0 N–H and O–H groups in total. The molecule has 1 fully saturated rings. The van der Waals surface area contributed by atoms with E-state index in [-0.39, 0.29) is 5.69 Å². The normalized spacial score (nSPS) is 14.2. The van der Waals surface area contributed by atoms with Crippen molar-refractivity contribution in [3.05, 3.63) is 46.0 Å². The van der Waals surface area contributed by atoms with Crippen LogP contribution in [0.15, 0.2) is 24.5 Å². The van der Waals surface area contributed by atoms with Gasteiger partial charge in [0.2, 0.25) is 0 Å². The quantitative estimate of drug-likeness (QED) is 0.599. The van der Waals surface area contributed by atoms with Gasteiger partial charge in [-0.3, -0.25) is 15.0 Å². The highest BCUT2D eigenvalue weighted by molar-refractivity contribution is 5.76. The predicted molar refractivity (Wildman–Crippen MR) is 90.1 cm³/mol. The molecule has 1 aromatic heterocycles. The van der Waals surface area contributed by atoms with Gasteiger partial charge >= 0.3 is 0 Å². The maximum absolute atomic E-state index is 11.1. The second kappa shape index (κ2) is 6.92. The summed E-state index contributed by atoms with van der Waals surface area (Å²) in [7, 11) is 0. The summed E-state index contributed by atoms with van der Waals surface area (Å²) in [6.07, 6.45) is 2.73. The molecule has 0 bridgehead atoms. The summed E-state index contributed by atoms with van der Waals surface area (Å²) in [6, 6.07) is 4.67. The number of ether oxygens (including phenoxy) is 1. The number of hydrogen-bond donors (Lipinski definition) is 0. The summed E-state index contributed by atoms with van der Waals surface area (Å²) in [6.45, 7) is 7.37. The minimum atomic E-state index is -0.401. The number of aromatic nitrogens is 2. The fraction of sp³-hybridized carbons (Fsp3) is 0.412. The van der Waals surface area contributed by atoms with E-state index in [0.29, 0.717) is 17.9 Å². The van der Waals surface area contributed by atoms with Crippen molar-refractivity contribution >= 4 is 5.69 Å². The number of benzene rings is 1. The van der Waals surface area contributed by atoms with Gasteiger partial charge in [-0.15, -0.1) is 0 Å². The van der Waals surface area contributed by atoms with Crippen LogP contribution in [0.4, 0.5) is 5.69 Å². The Morgan fingerprint density at radius 1 is 1.25 bits per heavy atom. The average molecular weight is 328 g/mol. The topological polar surface area (TPSA) is 81.4 Å². The fourth-order valence-corrected chi connectivity index (χ4v) is 2.83. The average Bonchev–Trinajstić information content (AvgIpc) is 2.50. The molecule has 0 unspecified atom stereocenters. The molecule has 126 valence electrons. The highest BCUT2D eigenvalue weighted by atomic mass is 16.6. The molecule has 1 saturated heterocycles. The molecule has 1 aliphatic heterocycles. The Morgan fingerprint density at radius 2 is 1.96 bits per heavy atom. The number of non-ortho nitro benzene ring substituents is 1. The molecule has 0 spiro atoms. The molecule has 7 nitrogen and oxygen atoms in total. The first-order valence-corrected chi connectivity index (χ1v) is 7.98. The summed E-state index contributed by atoms with van der Waals surface area (Å²) in [5.74, 6) is 0.627. The van der Waals surface area contributed by atoms with Crippen molar-refractivity contribution in [3.63, 3.8) is 0 Å². The lowest BCUT2D eigenvalue weighted by atomic mass is 10.0. The second-order valence-corrected chi connectivity index (χ2v) is 5.90. The molecule has 0 amide bonds. The van der Waals surface area contributed by atoms with Gasteiger partial charge in [-0.1, -0.05) is 0 Å². The summed E-state index contributed by atoms with van der Waals surface area (Å²) < 4.78 is 5.92. The van der Waals surface area contributed by atoms with Gasteiger partial charge < -0.3 is 4.74 Å². The first-order valence-electron chi connectivity index (χ1n) is 7.98. The number of hydrogen-bond acceptors (Lipinski definition) is 6. The lowest BCUT2D eigenvalue weighted by Crippen LogP contribution is -2.39. The lowest BCUT2D eigenvalue weighted by Gasteiger charge is -2.30. The van der Waals surface area contributed by atoms with Crippen LogP contribution in [-0.4, -0.2) is 46.0 Å². The predicted octanol–water partition coefficient (Wildman–Crippen LogP) is 2.75. The van der Waals surface area contributed by atoms with Gasteiger partial charge in [0.25, 0.3) is 5.69 Å². The Morgan fingerprint density at radius 3 is 2.54 bits per heavy atom. The number of nitro benzene ring substituents is 1. The molecule has 0 aliphatic carbocycles. The summed E-state index contributed by atoms with van der Waals surface area (Å²) >= 11 is 0. The Hall–Kier alpha value is -2.54. The summed E-state index contributed by atoms with van der Waals surface area (Å²) in [4.78, 5) is 21.5. The van der Waals surface area contributed by atoms with Crippen LogP contribution in [0.25, 0.3) is 11.1 Å². The molecule has 0 radical (unpaired) electrons. The largest absolute Gasteiger partial charge is 0.492 e. The van der Waals surface area contributed by atoms with E-state index in [0.717, 1.165) is 36.6 Å². The van der Waals surface area contributed by atoms with Gasteiger partial charge in [0.15, 0.2) is 0 Å². The number of nitrogens with zero attached hydrogens (tertiary/aromatic N) is 4. The Labute approximate surface area is 140 Å². The van der Waals surface area contributed by atoms with Gasteiger partial charge in [0.05, 0.1) is 4.92 Å². The molecule has 24 heavy (non-hydrogen) atoms. The van der Waals surface area contributed by atoms with Crippen LogP contribution in [0, 0.1) is 24.0 Å². The van der Waals surface area contributed by atoms with E-state index in [1.807, 2.05) is 13.8 Å². The maximum Gasteiger partial charge on any atom is 0.270 e. The molecule has 1 aromatic carbocycles. The maximum atomic E-state index is 11.1. The van der Waals surface area contributed by atoms with Crippen molar-refractivity contribution in [2.75, 3.05) is 26.2 Å². The van der Waals surface area contributed by atoms with Crippen LogP contribution >= 0.6 is 0 Å². The monoisotopic (exact) mass is 328 g/mol. The van der Waals surface area contributed by atoms with Crippen LogP contribution in [0.3, 0.4) is 0 Å². The molecule has 1 aliphatic rings. The van der Waals surface area contributed by atoms with Gasteiger partial charge in [0, 0.05) is 41.2 Å². The number of aryl methyl sites for hydroxylation is 2. The Kier molecular flexibility index (Phi) is 4.71. The second-order valence-electron chi connectivity index (χ2n) is 5.90. The van der Waals surface area contributed by atoms with Crippen LogP contribution in [-0.2, 0) is 0 Å². The first-order chi connectivity index (χ1) is 11.6. The highest BCUT2D eigenvalue weighted by Crippen LogP contribution is 2.36. The highest BCUT2D eigenvalue weighted by Gasteiger charge is 2.19. The van der Waals surface area contributed by atoms with E-state index in [2.05, 4.69) is 14.9 Å². The Bertz CT molecular complexity index is 739. The SMILES string of the molecule is Cc1ncnc(C)c1-c1cc([N+](=O)[O-])ccc1OCCN1CCC1. The van der Waals surface area contributed by atoms with Crippen LogP contribution < -0.4 is 4.74 Å². The van der Waals surface area contributed by atoms with Crippen molar-refractivity contribution in [2.45, 2.75) is 20.3 Å². The molecular weight excluding hydrogens is 308 g/mol. The third kappa shape index (κ3) is 3.35. The summed E-state index contributed by atoms with van der Waals surface area (Å²) in [5, 5.41) is 11.1. The molecule has 0 atom stereocenters. The number of nitro groups is 1. The molecular formula is C17H20N4O3. The van der Waals surface area contributed by atoms with Crippen molar-refractivity contribution in [1.82, 2.24) is 14.9 Å².